The van der Waals surface area contributed by atoms with E-state index in [2.05, 4.69) is 0 Å². The van der Waals surface area contributed by atoms with E-state index in [1.54, 1.807) is 25.3 Å². The number of hydrogen-bond donors (Lipinski definition) is 0. The largest absolute Gasteiger partial charge is 0.493 e. The van der Waals surface area contributed by atoms with Crippen molar-refractivity contribution in [3.05, 3.63) is 29.3 Å². The number of hydrogen-bond acceptors (Lipinski definition) is 7. The third-order valence-corrected chi connectivity index (χ3v) is 3.16. The average molecular weight is 336 g/mol. The number of rotatable bonds is 6. The van der Waals surface area contributed by atoms with Crippen LogP contribution in [0.1, 0.15) is 19.4 Å². The van der Waals surface area contributed by atoms with Crippen LogP contribution in [0.15, 0.2) is 23.8 Å². The van der Waals surface area contributed by atoms with E-state index in [1.165, 1.54) is 27.0 Å². The molecule has 1 aromatic rings. The van der Waals surface area contributed by atoms with Gasteiger partial charge in [0.15, 0.2) is 11.5 Å². The maximum absolute atomic E-state index is 12.0. The molecule has 1 aromatic carbocycles. The number of carbonyl (C=O) groups is 2. The van der Waals surface area contributed by atoms with Crippen molar-refractivity contribution < 1.29 is 33.3 Å². The van der Waals surface area contributed by atoms with E-state index in [1.807, 2.05) is 0 Å². The Labute approximate surface area is 140 Å². The Hall–Kier alpha value is -2.54. The van der Waals surface area contributed by atoms with Crippen molar-refractivity contribution in [2.75, 3.05) is 27.4 Å². The molecule has 7 heteroatoms. The van der Waals surface area contributed by atoms with E-state index in [9.17, 15) is 9.59 Å². The second kappa shape index (κ2) is 7.35. The summed E-state index contributed by atoms with van der Waals surface area (Å²) in [5, 5.41) is 0. The second-order valence-corrected chi connectivity index (χ2v) is 5.49. The first kappa shape index (κ1) is 17.8. The van der Waals surface area contributed by atoms with Crippen molar-refractivity contribution in [2.45, 2.75) is 19.6 Å². The maximum atomic E-state index is 12.0. The number of cyclic esters (lactones) is 2. The van der Waals surface area contributed by atoms with Gasteiger partial charge in [0, 0.05) is 21.0 Å². The fourth-order valence-corrected chi connectivity index (χ4v) is 2.07. The topological polar surface area (TPSA) is 80.3 Å². The molecule has 7 nitrogen and oxygen atoms in total. The fourth-order valence-electron chi connectivity index (χ4n) is 2.07. The van der Waals surface area contributed by atoms with Gasteiger partial charge in [0.05, 0.1) is 13.7 Å². The normalized spacial score (nSPS) is 16.2. The van der Waals surface area contributed by atoms with Gasteiger partial charge in [-0.15, -0.1) is 0 Å². The number of benzene rings is 1. The van der Waals surface area contributed by atoms with Crippen LogP contribution in [0.4, 0.5) is 0 Å². The molecular formula is C17H20O7. The molecule has 130 valence electrons. The van der Waals surface area contributed by atoms with Gasteiger partial charge in [0.2, 0.25) is 0 Å². The minimum absolute atomic E-state index is 0.176. The summed E-state index contributed by atoms with van der Waals surface area (Å²) in [6.07, 6.45) is 1.39. The monoisotopic (exact) mass is 336 g/mol. The SMILES string of the molecule is COCCOc1ccc(C=C2C(=O)OC(C)(C)OC2=O)cc1OC. The third-order valence-electron chi connectivity index (χ3n) is 3.16. The molecule has 1 aliphatic rings. The van der Waals surface area contributed by atoms with Crippen LogP contribution in [0.2, 0.25) is 0 Å². The molecule has 0 bridgehead atoms. The summed E-state index contributed by atoms with van der Waals surface area (Å²) >= 11 is 0. The van der Waals surface area contributed by atoms with Crippen LogP contribution in [0.3, 0.4) is 0 Å². The van der Waals surface area contributed by atoms with E-state index in [4.69, 9.17) is 23.7 Å². The molecule has 0 saturated carbocycles. The molecule has 24 heavy (non-hydrogen) atoms. The molecule has 0 atom stereocenters. The highest BCUT2D eigenvalue weighted by Gasteiger charge is 2.38. The molecule has 0 aromatic heterocycles. The van der Waals surface area contributed by atoms with Crippen LogP contribution in [-0.4, -0.2) is 45.2 Å². The summed E-state index contributed by atoms with van der Waals surface area (Å²) in [5.74, 6) is -1.71. The van der Waals surface area contributed by atoms with Crippen molar-refractivity contribution in [3.63, 3.8) is 0 Å². The molecule has 0 N–H and O–H groups in total. The average Bonchev–Trinajstić information content (AvgIpc) is 2.51. The zero-order valence-corrected chi connectivity index (χ0v) is 14.1. The third kappa shape index (κ3) is 4.26. The zero-order valence-electron chi connectivity index (χ0n) is 14.1. The summed E-state index contributed by atoms with van der Waals surface area (Å²) in [6.45, 7) is 3.81. The molecule has 1 fully saturated rings. The number of ether oxygens (including phenoxy) is 5. The number of methoxy groups -OCH3 is 2. The molecule has 2 rings (SSSR count). The minimum atomic E-state index is -1.26. The lowest BCUT2D eigenvalue weighted by Gasteiger charge is -2.29. The molecule has 0 aliphatic carbocycles. The van der Waals surface area contributed by atoms with Crippen molar-refractivity contribution in [2.24, 2.45) is 0 Å². The van der Waals surface area contributed by atoms with Gasteiger partial charge in [-0.05, 0) is 23.8 Å². The Morgan fingerprint density at radius 1 is 1.04 bits per heavy atom. The van der Waals surface area contributed by atoms with E-state index < -0.39 is 17.7 Å². The van der Waals surface area contributed by atoms with Crippen LogP contribution < -0.4 is 9.47 Å². The Balaban J connectivity index is 2.23. The van der Waals surface area contributed by atoms with Crippen LogP contribution in [-0.2, 0) is 23.8 Å². The summed E-state index contributed by atoms with van der Waals surface area (Å²) < 4.78 is 25.8. The van der Waals surface area contributed by atoms with Crippen molar-refractivity contribution in [1.82, 2.24) is 0 Å². The Morgan fingerprint density at radius 2 is 1.71 bits per heavy atom. The van der Waals surface area contributed by atoms with E-state index in [0.29, 0.717) is 30.3 Å². The van der Waals surface area contributed by atoms with Gasteiger partial charge in [-0.1, -0.05) is 6.07 Å². The van der Waals surface area contributed by atoms with Crippen molar-refractivity contribution in [3.8, 4) is 11.5 Å². The zero-order chi connectivity index (χ0) is 17.7. The van der Waals surface area contributed by atoms with Gasteiger partial charge in [-0.25, -0.2) is 9.59 Å². The van der Waals surface area contributed by atoms with Crippen LogP contribution in [0.5, 0.6) is 11.5 Å². The first-order valence-electron chi connectivity index (χ1n) is 7.34. The predicted octanol–water partition coefficient (Wildman–Crippen LogP) is 1.94. The molecule has 1 aliphatic heterocycles. The second-order valence-electron chi connectivity index (χ2n) is 5.49. The Kier molecular flexibility index (Phi) is 5.46. The Bertz CT molecular complexity index is 639. The highest BCUT2D eigenvalue weighted by molar-refractivity contribution is 6.18. The van der Waals surface area contributed by atoms with Gasteiger partial charge in [-0.3, -0.25) is 0 Å². The highest BCUT2D eigenvalue weighted by Crippen LogP contribution is 2.30. The molecule has 1 saturated heterocycles. The fraction of sp³-hybridized carbons (Fsp3) is 0.412. The molecule has 0 unspecified atom stereocenters. The molecule has 0 radical (unpaired) electrons. The van der Waals surface area contributed by atoms with Gasteiger partial charge in [-0.2, -0.15) is 0 Å². The lowest BCUT2D eigenvalue weighted by molar-refractivity contribution is -0.222. The molecule has 0 spiro atoms. The number of esters is 2. The highest BCUT2D eigenvalue weighted by atomic mass is 16.7. The van der Waals surface area contributed by atoms with Gasteiger partial charge in [0.25, 0.3) is 5.79 Å². The van der Waals surface area contributed by atoms with Crippen LogP contribution in [0, 0.1) is 0 Å². The minimum Gasteiger partial charge on any atom is -0.493 e. The van der Waals surface area contributed by atoms with Gasteiger partial charge >= 0.3 is 11.9 Å². The predicted molar refractivity (Wildman–Crippen MR) is 84.6 cm³/mol. The Morgan fingerprint density at radius 3 is 2.29 bits per heavy atom. The summed E-state index contributed by atoms with van der Waals surface area (Å²) in [7, 11) is 3.08. The number of carbonyl (C=O) groups excluding carboxylic acids is 2. The molecule has 1 heterocycles. The van der Waals surface area contributed by atoms with E-state index in [-0.39, 0.29) is 5.57 Å². The molecule has 0 amide bonds. The smallest absolute Gasteiger partial charge is 0.348 e. The van der Waals surface area contributed by atoms with Crippen LogP contribution in [0.25, 0.3) is 6.08 Å². The maximum Gasteiger partial charge on any atom is 0.348 e. The van der Waals surface area contributed by atoms with Crippen molar-refractivity contribution >= 4 is 18.0 Å². The lowest BCUT2D eigenvalue weighted by atomic mass is 10.1. The summed E-state index contributed by atoms with van der Waals surface area (Å²) in [6, 6.07) is 5.03. The standard InChI is InChI=1S/C17H20O7/c1-17(2)23-15(18)12(16(19)24-17)9-11-5-6-13(14(10-11)21-4)22-8-7-20-3/h5-6,9-10H,7-8H2,1-4H3. The summed E-state index contributed by atoms with van der Waals surface area (Å²) in [5.41, 5.74) is 0.402. The van der Waals surface area contributed by atoms with E-state index >= 15 is 0 Å². The first-order chi connectivity index (χ1) is 11.4. The van der Waals surface area contributed by atoms with Crippen LogP contribution >= 0.6 is 0 Å². The van der Waals surface area contributed by atoms with Gasteiger partial charge < -0.3 is 23.7 Å². The summed E-state index contributed by atoms with van der Waals surface area (Å²) in [4.78, 5) is 23.9. The quantitative estimate of drug-likeness (QED) is 0.340. The molecular weight excluding hydrogens is 316 g/mol. The lowest BCUT2D eigenvalue weighted by Crippen LogP contribution is -2.41. The van der Waals surface area contributed by atoms with Crippen molar-refractivity contribution in [1.29, 1.82) is 0 Å². The first-order valence-corrected chi connectivity index (χ1v) is 7.34. The van der Waals surface area contributed by atoms with Gasteiger partial charge in [0.1, 0.15) is 12.2 Å². The van der Waals surface area contributed by atoms with E-state index in [0.717, 1.165) is 0 Å².